The lowest BCUT2D eigenvalue weighted by Crippen LogP contribution is -2.00. The van der Waals surface area contributed by atoms with Crippen LogP contribution in [0.4, 0.5) is 0 Å². The number of carbonyl (C=O) groups excluding carboxylic acids is 1. The maximum absolute atomic E-state index is 9.77. The normalized spacial score (nSPS) is 10.1. The highest BCUT2D eigenvalue weighted by atomic mass is 16.5. The lowest BCUT2D eigenvalue weighted by Gasteiger charge is -2.04. The lowest BCUT2D eigenvalue weighted by molar-refractivity contribution is 0.373. The summed E-state index contributed by atoms with van der Waals surface area (Å²) >= 11 is 0. The van der Waals surface area contributed by atoms with Gasteiger partial charge in [0, 0.05) is 5.56 Å². The van der Waals surface area contributed by atoms with Crippen molar-refractivity contribution in [3.05, 3.63) is 23.8 Å². The third-order valence-corrected chi connectivity index (χ3v) is 1.56. The van der Waals surface area contributed by atoms with Crippen LogP contribution in [0.2, 0.25) is 0 Å². The van der Waals surface area contributed by atoms with E-state index in [0.29, 0.717) is 11.3 Å². The number of nitrogens with zero attached hydrogens (tertiary/aromatic N) is 1. The Kier molecular flexibility index (Phi) is 3.49. The van der Waals surface area contributed by atoms with Crippen molar-refractivity contribution in [2.24, 2.45) is 5.10 Å². The lowest BCUT2D eigenvalue weighted by atomic mass is 10.2. The fourth-order valence-corrected chi connectivity index (χ4v) is 0.936. The molecule has 0 aliphatic rings. The Morgan fingerprint density at radius 1 is 1.64 bits per heavy atom. The molecule has 5 heteroatoms. The molecule has 1 aromatic rings. The average molecular weight is 193 g/mol. The van der Waals surface area contributed by atoms with Crippen molar-refractivity contribution < 1.29 is 14.6 Å². The molecule has 14 heavy (non-hydrogen) atoms. The molecule has 5 nitrogen and oxygen atoms in total. The van der Waals surface area contributed by atoms with Crippen molar-refractivity contribution >= 4 is 12.6 Å². The van der Waals surface area contributed by atoms with E-state index in [0.717, 1.165) is 0 Å². The van der Waals surface area contributed by atoms with Crippen molar-refractivity contribution in [2.45, 2.75) is 0 Å². The summed E-state index contributed by atoms with van der Waals surface area (Å²) in [6.45, 7) is 0. The van der Waals surface area contributed by atoms with Crippen LogP contribution in [0.1, 0.15) is 5.56 Å². The topological polar surface area (TPSA) is 70.9 Å². The van der Waals surface area contributed by atoms with Gasteiger partial charge in [0.1, 0.15) is 0 Å². The van der Waals surface area contributed by atoms with Gasteiger partial charge in [-0.15, -0.1) is 0 Å². The molecule has 73 valence electrons. The Bertz CT molecular complexity index is 350. The SMILES string of the molecule is COc1cccc(/C=N\N[C]=O)c1O. The van der Waals surface area contributed by atoms with Crippen LogP contribution >= 0.6 is 0 Å². The van der Waals surface area contributed by atoms with Gasteiger partial charge in [-0.2, -0.15) is 5.10 Å². The van der Waals surface area contributed by atoms with E-state index in [-0.39, 0.29) is 5.75 Å². The summed E-state index contributed by atoms with van der Waals surface area (Å²) in [7, 11) is 1.45. The van der Waals surface area contributed by atoms with Crippen LogP contribution in [0.25, 0.3) is 0 Å². The van der Waals surface area contributed by atoms with Crippen LogP contribution in [0.5, 0.6) is 11.5 Å². The van der Waals surface area contributed by atoms with E-state index in [2.05, 4.69) is 5.10 Å². The van der Waals surface area contributed by atoms with Crippen molar-refractivity contribution in [1.29, 1.82) is 0 Å². The molecule has 1 radical (unpaired) electrons. The Balaban J connectivity index is 2.91. The molecule has 0 saturated carbocycles. The molecule has 0 bridgehead atoms. The maximum Gasteiger partial charge on any atom is 0.331 e. The van der Waals surface area contributed by atoms with Gasteiger partial charge in [-0.05, 0) is 12.1 Å². The van der Waals surface area contributed by atoms with Gasteiger partial charge in [0.25, 0.3) is 0 Å². The van der Waals surface area contributed by atoms with Crippen LogP contribution in [0, 0.1) is 0 Å². The molecular weight excluding hydrogens is 184 g/mol. The van der Waals surface area contributed by atoms with Crippen LogP contribution in [0.15, 0.2) is 23.3 Å². The summed E-state index contributed by atoms with van der Waals surface area (Å²) in [6.07, 6.45) is 2.67. The van der Waals surface area contributed by atoms with Gasteiger partial charge in [-0.1, -0.05) is 6.07 Å². The standard InChI is InChI=1S/C9H9N2O3/c1-14-8-4-2-3-7(9(8)13)5-10-11-6-12/h2-5,13H,1H3,(H,11,12)/b10-5-. The zero-order chi connectivity index (χ0) is 10.4. The predicted octanol–water partition coefficient (Wildman–Crippen LogP) is 0.391. The Morgan fingerprint density at radius 2 is 2.43 bits per heavy atom. The number of hydrogen-bond acceptors (Lipinski definition) is 4. The number of hydrogen-bond donors (Lipinski definition) is 2. The first-order valence-electron chi connectivity index (χ1n) is 3.80. The van der Waals surface area contributed by atoms with Gasteiger partial charge in [-0.3, -0.25) is 4.79 Å². The third-order valence-electron chi connectivity index (χ3n) is 1.56. The fraction of sp³-hybridized carbons (Fsp3) is 0.111. The van der Waals surface area contributed by atoms with Gasteiger partial charge in [-0.25, -0.2) is 5.43 Å². The molecule has 1 amide bonds. The summed E-state index contributed by atoms with van der Waals surface area (Å²) in [5.41, 5.74) is 2.42. The summed E-state index contributed by atoms with van der Waals surface area (Å²) in [6, 6.07) is 4.95. The van der Waals surface area contributed by atoms with Gasteiger partial charge < -0.3 is 9.84 Å². The number of aromatic hydroxyl groups is 1. The van der Waals surface area contributed by atoms with E-state index in [1.54, 1.807) is 18.2 Å². The molecule has 0 heterocycles. The van der Waals surface area contributed by atoms with Crippen molar-refractivity contribution in [3.8, 4) is 11.5 Å². The molecule has 0 atom stereocenters. The van der Waals surface area contributed by atoms with E-state index in [9.17, 15) is 9.90 Å². The second-order valence-corrected chi connectivity index (χ2v) is 2.37. The number of amides is 1. The summed E-state index contributed by atoms with van der Waals surface area (Å²) in [4.78, 5) is 9.77. The average Bonchev–Trinajstić information content (AvgIpc) is 2.21. The van der Waals surface area contributed by atoms with E-state index in [4.69, 9.17) is 4.74 Å². The Labute approximate surface area is 81.0 Å². The first-order chi connectivity index (χ1) is 6.79. The smallest absolute Gasteiger partial charge is 0.331 e. The highest BCUT2D eigenvalue weighted by molar-refractivity contribution is 5.85. The molecule has 0 fully saturated rings. The Hall–Kier alpha value is -2.04. The Morgan fingerprint density at radius 3 is 3.07 bits per heavy atom. The van der Waals surface area contributed by atoms with E-state index < -0.39 is 0 Å². The van der Waals surface area contributed by atoms with Gasteiger partial charge in [0.15, 0.2) is 11.5 Å². The minimum Gasteiger partial charge on any atom is -0.504 e. The zero-order valence-corrected chi connectivity index (χ0v) is 7.52. The summed E-state index contributed by atoms with van der Waals surface area (Å²) in [5.74, 6) is 0.329. The summed E-state index contributed by atoms with van der Waals surface area (Å²) < 4.78 is 4.88. The van der Waals surface area contributed by atoms with Gasteiger partial charge >= 0.3 is 6.41 Å². The maximum atomic E-state index is 9.77. The van der Waals surface area contributed by atoms with Crippen molar-refractivity contribution in [3.63, 3.8) is 0 Å². The number of nitrogens with one attached hydrogen (secondary N) is 1. The highest BCUT2D eigenvalue weighted by Gasteiger charge is 2.04. The fourth-order valence-electron chi connectivity index (χ4n) is 0.936. The number of phenolic OH excluding ortho intramolecular Hbond substituents is 1. The number of methoxy groups -OCH3 is 1. The number of rotatable bonds is 4. The second kappa shape index (κ2) is 4.86. The molecule has 0 aliphatic carbocycles. The van der Waals surface area contributed by atoms with Crippen molar-refractivity contribution in [2.75, 3.05) is 7.11 Å². The van der Waals surface area contributed by atoms with Crippen LogP contribution in [-0.2, 0) is 4.79 Å². The first kappa shape index (κ1) is 10.0. The molecule has 0 unspecified atom stereocenters. The number of benzene rings is 1. The molecule has 1 aromatic carbocycles. The number of ether oxygens (including phenoxy) is 1. The highest BCUT2D eigenvalue weighted by Crippen LogP contribution is 2.27. The van der Waals surface area contributed by atoms with Crippen LogP contribution < -0.4 is 10.2 Å². The minimum absolute atomic E-state index is 0.0218. The molecule has 1 rings (SSSR count). The van der Waals surface area contributed by atoms with Gasteiger partial charge in [0.2, 0.25) is 0 Å². The molecule has 0 aromatic heterocycles. The quantitative estimate of drug-likeness (QED) is 0.413. The minimum atomic E-state index is -0.0218. The second-order valence-electron chi connectivity index (χ2n) is 2.37. The number of phenols is 1. The van der Waals surface area contributed by atoms with Gasteiger partial charge in [0.05, 0.1) is 13.3 Å². The van der Waals surface area contributed by atoms with Crippen LogP contribution in [0.3, 0.4) is 0 Å². The van der Waals surface area contributed by atoms with E-state index in [1.165, 1.54) is 19.7 Å². The first-order valence-corrected chi connectivity index (χ1v) is 3.80. The predicted molar refractivity (Wildman–Crippen MR) is 51.1 cm³/mol. The molecule has 0 aliphatic heterocycles. The molecule has 0 saturated heterocycles. The zero-order valence-electron chi connectivity index (χ0n) is 7.52. The number of para-hydroxylation sites is 1. The van der Waals surface area contributed by atoms with E-state index in [1.807, 2.05) is 5.43 Å². The largest absolute Gasteiger partial charge is 0.504 e. The third kappa shape index (κ3) is 2.22. The monoisotopic (exact) mass is 193 g/mol. The molecule has 2 N–H and O–H groups in total. The van der Waals surface area contributed by atoms with Crippen LogP contribution in [-0.4, -0.2) is 24.8 Å². The number of hydrazone groups is 1. The van der Waals surface area contributed by atoms with Crippen molar-refractivity contribution in [1.82, 2.24) is 5.43 Å². The van der Waals surface area contributed by atoms with E-state index >= 15 is 0 Å². The molecule has 0 spiro atoms. The molecular formula is C9H9N2O3. The summed E-state index contributed by atoms with van der Waals surface area (Å²) in [5, 5.41) is 13.0.